The summed E-state index contributed by atoms with van der Waals surface area (Å²) in [5.41, 5.74) is 4.92. The number of nitrogens with two attached hydrogens (primary N) is 1. The molecule has 4 nitrogen and oxygen atoms in total. The highest BCUT2D eigenvalue weighted by molar-refractivity contribution is 5.67. The lowest BCUT2D eigenvalue weighted by Gasteiger charge is -2.40. The van der Waals surface area contributed by atoms with Crippen LogP contribution >= 0.6 is 0 Å². The maximum Gasteiger partial charge on any atom is 0.303 e. The Hall–Kier alpha value is -0.610. The van der Waals surface area contributed by atoms with Crippen LogP contribution in [0.3, 0.4) is 0 Å². The van der Waals surface area contributed by atoms with Gasteiger partial charge in [0.2, 0.25) is 0 Å². The van der Waals surface area contributed by atoms with Crippen LogP contribution in [0.4, 0.5) is 0 Å². The summed E-state index contributed by atoms with van der Waals surface area (Å²) in [6, 6.07) is -0.274. The summed E-state index contributed by atoms with van der Waals surface area (Å²) in [4.78, 5) is 10.7. The lowest BCUT2D eigenvalue weighted by molar-refractivity contribution is -0.143. The maximum absolute atomic E-state index is 10.7. The minimum Gasteiger partial charge on any atom is -0.481 e. The van der Waals surface area contributed by atoms with Gasteiger partial charge in [0.25, 0.3) is 0 Å². The van der Waals surface area contributed by atoms with Crippen molar-refractivity contribution >= 4 is 5.97 Å². The van der Waals surface area contributed by atoms with Crippen molar-refractivity contribution in [3.8, 4) is 0 Å². The van der Waals surface area contributed by atoms with Crippen LogP contribution in [0.5, 0.6) is 0 Å². The molecular weight excluding hydrogens is 194 g/mol. The highest BCUT2D eigenvalue weighted by Gasteiger charge is 2.40. The summed E-state index contributed by atoms with van der Waals surface area (Å²) in [5, 5.41) is 19.2. The third-order valence-corrected chi connectivity index (χ3v) is 3.44. The number of aliphatic hydroxyl groups is 1. The van der Waals surface area contributed by atoms with Crippen LogP contribution in [0.25, 0.3) is 0 Å². The van der Waals surface area contributed by atoms with Gasteiger partial charge in [-0.1, -0.05) is 19.3 Å². The van der Waals surface area contributed by atoms with Crippen molar-refractivity contribution in [2.45, 2.75) is 57.1 Å². The molecule has 15 heavy (non-hydrogen) atoms. The van der Waals surface area contributed by atoms with Crippen molar-refractivity contribution in [2.75, 3.05) is 0 Å². The normalized spacial score (nSPS) is 24.5. The predicted molar refractivity (Wildman–Crippen MR) is 57.4 cm³/mol. The van der Waals surface area contributed by atoms with Gasteiger partial charge in [0.05, 0.1) is 12.0 Å². The lowest BCUT2D eigenvalue weighted by atomic mass is 9.72. The Morgan fingerprint density at radius 1 is 1.40 bits per heavy atom. The Balaban J connectivity index is 2.72. The third-order valence-electron chi connectivity index (χ3n) is 3.44. The molecule has 0 heterocycles. The largest absolute Gasteiger partial charge is 0.481 e. The van der Waals surface area contributed by atoms with Crippen LogP contribution in [0, 0.1) is 5.92 Å². The number of rotatable bonds is 4. The Bertz CT molecular complexity index is 222. The van der Waals surface area contributed by atoms with Gasteiger partial charge in [-0.2, -0.15) is 0 Å². The number of hydrogen-bond acceptors (Lipinski definition) is 3. The molecule has 1 fully saturated rings. The van der Waals surface area contributed by atoms with E-state index in [0.717, 1.165) is 19.3 Å². The van der Waals surface area contributed by atoms with Crippen molar-refractivity contribution in [3.05, 3.63) is 0 Å². The fraction of sp³-hybridized carbons (Fsp3) is 0.909. The summed E-state index contributed by atoms with van der Waals surface area (Å²) in [6.45, 7) is 1.78. The minimum atomic E-state index is -0.878. The molecule has 0 spiro atoms. The molecule has 1 aliphatic rings. The summed E-state index contributed by atoms with van der Waals surface area (Å²) in [7, 11) is 0. The van der Waals surface area contributed by atoms with Crippen LogP contribution < -0.4 is 5.73 Å². The molecule has 4 heteroatoms. The standard InChI is InChI=1S/C11H21NO3/c1-8(12)9(7-10(13)14)11(15)5-3-2-4-6-11/h8-9,15H,2-7,12H2,1H3,(H,13,14). The predicted octanol–water partition coefficient (Wildman–Crippen LogP) is 1.12. The zero-order valence-corrected chi connectivity index (χ0v) is 9.28. The minimum absolute atomic E-state index is 0.0336. The molecule has 0 saturated heterocycles. The van der Waals surface area contributed by atoms with Crippen LogP contribution in [-0.2, 0) is 4.79 Å². The molecule has 0 aromatic rings. The van der Waals surface area contributed by atoms with Crippen LogP contribution in [-0.4, -0.2) is 27.8 Å². The van der Waals surface area contributed by atoms with Crippen molar-refractivity contribution < 1.29 is 15.0 Å². The summed E-state index contributed by atoms with van der Waals surface area (Å²) >= 11 is 0. The second-order valence-electron chi connectivity index (χ2n) is 4.73. The van der Waals surface area contributed by atoms with E-state index in [1.54, 1.807) is 6.92 Å². The van der Waals surface area contributed by atoms with Crippen molar-refractivity contribution in [1.82, 2.24) is 0 Å². The third kappa shape index (κ3) is 3.18. The highest BCUT2D eigenvalue weighted by atomic mass is 16.4. The van der Waals surface area contributed by atoms with Gasteiger partial charge in [-0.15, -0.1) is 0 Å². The molecule has 1 saturated carbocycles. The van der Waals surface area contributed by atoms with Crippen molar-refractivity contribution in [3.63, 3.8) is 0 Å². The second kappa shape index (κ2) is 4.94. The van der Waals surface area contributed by atoms with Gasteiger partial charge in [0.15, 0.2) is 0 Å². The van der Waals surface area contributed by atoms with Gasteiger partial charge in [0.1, 0.15) is 0 Å². The van der Waals surface area contributed by atoms with E-state index in [2.05, 4.69) is 0 Å². The molecule has 1 aliphatic carbocycles. The molecule has 2 unspecified atom stereocenters. The first-order valence-electron chi connectivity index (χ1n) is 5.65. The summed E-state index contributed by atoms with van der Waals surface area (Å²) in [6.07, 6.45) is 4.41. The Kier molecular flexibility index (Phi) is 4.11. The Morgan fingerprint density at radius 2 is 1.93 bits per heavy atom. The molecule has 0 aliphatic heterocycles. The first-order valence-corrected chi connectivity index (χ1v) is 5.65. The van der Waals surface area contributed by atoms with E-state index in [1.807, 2.05) is 0 Å². The first kappa shape index (κ1) is 12.5. The van der Waals surface area contributed by atoms with E-state index >= 15 is 0 Å². The average Bonchev–Trinajstić information content (AvgIpc) is 2.14. The molecule has 0 aromatic heterocycles. The van der Waals surface area contributed by atoms with Gasteiger partial charge in [-0.3, -0.25) is 4.79 Å². The number of carbonyl (C=O) groups is 1. The van der Waals surface area contributed by atoms with E-state index in [9.17, 15) is 9.90 Å². The van der Waals surface area contributed by atoms with Gasteiger partial charge < -0.3 is 15.9 Å². The SMILES string of the molecule is CC(N)C(CC(=O)O)C1(O)CCCCC1. The lowest BCUT2D eigenvalue weighted by Crippen LogP contribution is -2.48. The fourth-order valence-corrected chi connectivity index (χ4v) is 2.59. The molecule has 1 rings (SSSR count). The molecule has 88 valence electrons. The topological polar surface area (TPSA) is 83.6 Å². The van der Waals surface area contributed by atoms with E-state index in [0.29, 0.717) is 12.8 Å². The number of hydrogen-bond donors (Lipinski definition) is 3. The van der Waals surface area contributed by atoms with Gasteiger partial charge in [-0.05, 0) is 19.8 Å². The van der Waals surface area contributed by atoms with Crippen molar-refractivity contribution in [1.29, 1.82) is 0 Å². The molecule has 4 N–H and O–H groups in total. The maximum atomic E-state index is 10.7. The van der Waals surface area contributed by atoms with Gasteiger partial charge in [-0.25, -0.2) is 0 Å². The van der Waals surface area contributed by atoms with Crippen LogP contribution in [0.2, 0.25) is 0 Å². The average molecular weight is 215 g/mol. The monoisotopic (exact) mass is 215 g/mol. The smallest absolute Gasteiger partial charge is 0.303 e. The summed E-state index contributed by atoms with van der Waals surface area (Å²) < 4.78 is 0. The van der Waals surface area contributed by atoms with Gasteiger partial charge >= 0.3 is 5.97 Å². The van der Waals surface area contributed by atoms with Crippen LogP contribution in [0.1, 0.15) is 45.4 Å². The highest BCUT2D eigenvalue weighted by Crippen LogP contribution is 2.37. The second-order valence-corrected chi connectivity index (χ2v) is 4.73. The molecule has 0 radical (unpaired) electrons. The molecule has 2 atom stereocenters. The number of aliphatic carboxylic acids is 1. The number of carboxylic acids is 1. The van der Waals surface area contributed by atoms with E-state index in [1.165, 1.54) is 0 Å². The molecule has 0 bridgehead atoms. The van der Waals surface area contributed by atoms with Gasteiger partial charge in [0, 0.05) is 12.0 Å². The Labute approximate surface area is 90.5 Å². The molecule has 0 aromatic carbocycles. The number of carboxylic acid groups (broad SMARTS) is 1. The fourth-order valence-electron chi connectivity index (χ4n) is 2.59. The van der Waals surface area contributed by atoms with E-state index < -0.39 is 11.6 Å². The van der Waals surface area contributed by atoms with E-state index in [4.69, 9.17) is 10.8 Å². The Morgan fingerprint density at radius 3 is 2.33 bits per heavy atom. The summed E-state index contributed by atoms with van der Waals surface area (Å²) in [5.74, 6) is -1.20. The molecular formula is C11H21NO3. The zero-order valence-electron chi connectivity index (χ0n) is 9.28. The van der Waals surface area contributed by atoms with E-state index in [-0.39, 0.29) is 18.4 Å². The molecule has 0 amide bonds. The zero-order chi connectivity index (χ0) is 11.5. The quantitative estimate of drug-likeness (QED) is 0.656. The first-order chi connectivity index (χ1) is 6.96. The van der Waals surface area contributed by atoms with Crippen molar-refractivity contribution in [2.24, 2.45) is 11.7 Å². The van der Waals surface area contributed by atoms with Crippen LogP contribution in [0.15, 0.2) is 0 Å².